The summed E-state index contributed by atoms with van der Waals surface area (Å²) in [5.74, 6) is -0.594. The first-order valence-corrected chi connectivity index (χ1v) is 11.6. The van der Waals surface area contributed by atoms with Gasteiger partial charge in [-0.05, 0) is 60.8 Å². The van der Waals surface area contributed by atoms with Crippen LogP contribution in [0.1, 0.15) is 11.1 Å². The molecular weight excluding hydrogens is 492 g/mol. The summed E-state index contributed by atoms with van der Waals surface area (Å²) >= 11 is 17.8. The summed E-state index contributed by atoms with van der Waals surface area (Å²) in [4.78, 5) is 16.5. The lowest BCUT2D eigenvalue weighted by atomic mass is 10.1. The summed E-state index contributed by atoms with van der Waals surface area (Å²) in [6.07, 6.45) is 3.71. The Labute approximate surface area is 211 Å². The molecule has 34 heavy (non-hydrogen) atoms. The zero-order chi connectivity index (χ0) is 24.0. The van der Waals surface area contributed by atoms with Crippen LogP contribution in [0.3, 0.4) is 0 Å². The van der Waals surface area contributed by atoms with E-state index in [9.17, 15) is 9.18 Å². The topological polar surface area (TPSA) is 28.5 Å². The van der Waals surface area contributed by atoms with Crippen LogP contribution >= 0.6 is 35.4 Å². The highest BCUT2D eigenvalue weighted by Gasteiger charge is 2.37. The van der Waals surface area contributed by atoms with E-state index in [4.69, 9.17) is 35.4 Å². The van der Waals surface area contributed by atoms with Gasteiger partial charge in [-0.3, -0.25) is 9.69 Å². The fourth-order valence-electron chi connectivity index (χ4n) is 4.10. The molecule has 1 aliphatic heterocycles. The van der Waals surface area contributed by atoms with Crippen molar-refractivity contribution in [1.82, 2.24) is 9.47 Å². The van der Waals surface area contributed by atoms with Gasteiger partial charge in [0.1, 0.15) is 11.5 Å². The lowest BCUT2D eigenvalue weighted by molar-refractivity contribution is -0.114. The van der Waals surface area contributed by atoms with E-state index in [0.717, 1.165) is 16.5 Å². The molecule has 0 radical (unpaired) electrons. The average molecular weight is 510 g/mol. The highest BCUT2D eigenvalue weighted by atomic mass is 35.5. The summed E-state index contributed by atoms with van der Waals surface area (Å²) < 4.78 is 16.4. The van der Waals surface area contributed by atoms with E-state index < -0.39 is 0 Å². The Morgan fingerprint density at radius 2 is 1.74 bits per heavy atom. The van der Waals surface area contributed by atoms with E-state index in [-0.39, 0.29) is 18.3 Å². The minimum Gasteiger partial charge on any atom is -0.342 e. The monoisotopic (exact) mass is 509 g/mol. The van der Waals surface area contributed by atoms with Crippen LogP contribution in [0, 0.1) is 5.82 Å². The second-order valence-electron chi connectivity index (χ2n) is 7.92. The summed E-state index contributed by atoms with van der Waals surface area (Å²) in [6, 6.07) is 19.4. The van der Waals surface area contributed by atoms with Gasteiger partial charge in [0, 0.05) is 45.3 Å². The van der Waals surface area contributed by atoms with E-state index in [1.54, 1.807) is 48.3 Å². The number of thiocarbonyl (C=S) groups is 1. The van der Waals surface area contributed by atoms with Crippen molar-refractivity contribution < 1.29 is 9.18 Å². The third-order valence-corrected chi connectivity index (χ3v) is 6.91. The first kappa shape index (κ1) is 22.6. The lowest BCUT2D eigenvalue weighted by Crippen LogP contribution is -2.31. The van der Waals surface area contributed by atoms with Gasteiger partial charge >= 0.3 is 0 Å². The number of benzene rings is 3. The van der Waals surface area contributed by atoms with Crippen LogP contribution in [-0.2, 0) is 11.3 Å². The van der Waals surface area contributed by atoms with Crippen molar-refractivity contribution in [3.05, 3.63) is 106 Å². The molecular formula is C26H18Cl2FN3OS. The zero-order valence-corrected chi connectivity index (χ0v) is 20.3. The Balaban J connectivity index is 1.57. The highest BCUT2D eigenvalue weighted by molar-refractivity contribution is 7.80. The van der Waals surface area contributed by atoms with Crippen molar-refractivity contribution in [2.75, 3.05) is 11.9 Å². The van der Waals surface area contributed by atoms with Crippen molar-refractivity contribution in [2.45, 2.75) is 6.54 Å². The van der Waals surface area contributed by atoms with Crippen molar-refractivity contribution in [1.29, 1.82) is 0 Å². The zero-order valence-electron chi connectivity index (χ0n) is 18.0. The molecule has 1 fully saturated rings. The maximum absolute atomic E-state index is 14.5. The Morgan fingerprint density at radius 3 is 2.47 bits per heavy atom. The summed E-state index contributed by atoms with van der Waals surface area (Å²) in [5.41, 5.74) is 3.21. The Bertz CT molecular complexity index is 1460. The van der Waals surface area contributed by atoms with Crippen molar-refractivity contribution in [2.24, 2.45) is 0 Å². The molecule has 5 rings (SSSR count). The summed E-state index contributed by atoms with van der Waals surface area (Å²) in [7, 11) is 1.76. The average Bonchev–Trinajstić information content (AvgIpc) is 3.27. The second-order valence-corrected chi connectivity index (χ2v) is 9.13. The number of nitrogens with zero attached hydrogens (tertiary/aromatic N) is 3. The summed E-state index contributed by atoms with van der Waals surface area (Å²) in [5, 5.41) is 2.25. The minimum absolute atomic E-state index is 0.233. The second kappa shape index (κ2) is 8.87. The van der Waals surface area contributed by atoms with Gasteiger partial charge in [0.2, 0.25) is 0 Å². The smallest absolute Gasteiger partial charge is 0.281 e. The number of fused-ring (bicyclic) bond motifs is 1. The van der Waals surface area contributed by atoms with Crippen LogP contribution in [0.25, 0.3) is 17.0 Å². The molecule has 1 saturated heterocycles. The van der Waals surface area contributed by atoms with Crippen LogP contribution in [0.15, 0.2) is 78.6 Å². The number of hydrogen-bond donors (Lipinski definition) is 0. The fourth-order valence-corrected chi connectivity index (χ4v) is 4.73. The number of halogens is 3. The Hall–Kier alpha value is -3.19. The van der Waals surface area contributed by atoms with Crippen LogP contribution in [0.4, 0.5) is 10.1 Å². The van der Waals surface area contributed by atoms with E-state index >= 15 is 0 Å². The number of rotatable bonds is 4. The first-order chi connectivity index (χ1) is 16.3. The molecule has 0 bridgehead atoms. The fraction of sp³-hybridized carbons (Fsp3) is 0.0769. The molecule has 0 aliphatic carbocycles. The largest absolute Gasteiger partial charge is 0.342 e. The van der Waals surface area contributed by atoms with Crippen LogP contribution in [-0.4, -0.2) is 27.5 Å². The highest BCUT2D eigenvalue weighted by Crippen LogP contribution is 2.32. The molecule has 0 unspecified atom stereocenters. The van der Waals surface area contributed by atoms with Gasteiger partial charge in [-0.15, -0.1) is 0 Å². The van der Waals surface area contributed by atoms with E-state index in [1.165, 1.54) is 11.0 Å². The molecule has 0 N–H and O–H groups in total. The maximum Gasteiger partial charge on any atom is 0.281 e. The van der Waals surface area contributed by atoms with Gasteiger partial charge in [0.05, 0.1) is 12.2 Å². The number of carbonyl (C=O) groups excluding carboxylic acids is 1. The van der Waals surface area contributed by atoms with Gasteiger partial charge in [-0.1, -0.05) is 47.5 Å². The molecule has 0 atom stereocenters. The molecule has 1 aromatic heterocycles. The molecule has 8 heteroatoms. The number of para-hydroxylation sites is 1. The van der Waals surface area contributed by atoms with E-state index in [0.29, 0.717) is 32.1 Å². The molecule has 2 heterocycles. The number of aromatic nitrogens is 1. The predicted molar refractivity (Wildman–Crippen MR) is 140 cm³/mol. The SMILES string of the molecule is CN1C(=S)N(c2ccc(Cl)cc2)C(=O)/C1=C/c1cn(Cc2c(F)cccc2Cl)c2ccccc12. The van der Waals surface area contributed by atoms with Crippen molar-refractivity contribution in [3.63, 3.8) is 0 Å². The first-order valence-electron chi connectivity index (χ1n) is 10.5. The molecule has 1 aliphatic rings. The normalized spacial score (nSPS) is 15.2. The molecule has 4 aromatic rings. The molecule has 1 amide bonds. The number of amides is 1. The van der Waals surface area contributed by atoms with Crippen molar-refractivity contribution in [3.8, 4) is 0 Å². The molecule has 4 nitrogen and oxygen atoms in total. The van der Waals surface area contributed by atoms with Crippen LogP contribution in [0.2, 0.25) is 10.0 Å². The van der Waals surface area contributed by atoms with Gasteiger partial charge < -0.3 is 9.47 Å². The van der Waals surface area contributed by atoms with Gasteiger partial charge in [-0.2, -0.15) is 0 Å². The number of hydrogen-bond acceptors (Lipinski definition) is 2. The Kier molecular flexibility index (Phi) is 5.90. The molecule has 3 aromatic carbocycles. The number of likely N-dealkylation sites (N-methyl/N-ethyl adjacent to an activating group) is 1. The quantitative estimate of drug-likeness (QED) is 0.225. The van der Waals surface area contributed by atoms with Crippen LogP contribution in [0.5, 0.6) is 0 Å². The van der Waals surface area contributed by atoms with Gasteiger partial charge in [0.15, 0.2) is 5.11 Å². The van der Waals surface area contributed by atoms with Crippen molar-refractivity contribution >= 4 is 69.1 Å². The third kappa shape index (κ3) is 3.88. The standard InChI is InChI=1S/C26H18Cl2FN3OS/c1-30-24(25(33)32(26(30)34)18-11-9-17(27)10-12-18)13-16-14-31(23-8-3-2-5-19(16)23)15-20-21(28)6-4-7-22(20)29/h2-14H,15H2,1H3/b24-13-. The number of carbonyl (C=O) groups is 1. The minimum atomic E-state index is -0.361. The molecule has 170 valence electrons. The predicted octanol–water partition coefficient (Wildman–Crippen LogP) is 6.74. The van der Waals surface area contributed by atoms with Gasteiger partial charge in [0.25, 0.3) is 5.91 Å². The molecule has 0 spiro atoms. The number of anilines is 1. The van der Waals surface area contributed by atoms with E-state index in [2.05, 4.69) is 0 Å². The molecule has 0 saturated carbocycles. The van der Waals surface area contributed by atoms with Gasteiger partial charge in [-0.25, -0.2) is 4.39 Å². The van der Waals surface area contributed by atoms with Crippen LogP contribution < -0.4 is 4.90 Å². The van der Waals surface area contributed by atoms with E-state index in [1.807, 2.05) is 41.1 Å². The lowest BCUT2D eigenvalue weighted by Gasteiger charge is -2.16. The Morgan fingerprint density at radius 1 is 1.00 bits per heavy atom. The summed E-state index contributed by atoms with van der Waals surface area (Å²) in [6.45, 7) is 0.258. The maximum atomic E-state index is 14.5. The third-order valence-electron chi connectivity index (χ3n) is 5.85.